The normalized spacial score (nSPS) is 12.0. The third-order valence-corrected chi connectivity index (χ3v) is 5.99. The van der Waals surface area contributed by atoms with Crippen LogP contribution in [0, 0.1) is 11.3 Å². The van der Waals surface area contributed by atoms with Gasteiger partial charge < -0.3 is 20.1 Å². The van der Waals surface area contributed by atoms with Crippen molar-refractivity contribution in [3.05, 3.63) is 77.7 Å². The molecule has 0 saturated heterocycles. The van der Waals surface area contributed by atoms with E-state index in [-0.39, 0.29) is 0 Å². The third kappa shape index (κ3) is 4.30. The molecule has 0 atom stereocenters. The minimum Gasteiger partial charge on any atom is -0.491 e. The lowest BCUT2D eigenvalue weighted by Gasteiger charge is -2.16. The molecule has 0 unspecified atom stereocenters. The molecule has 0 fully saturated rings. The zero-order chi connectivity index (χ0) is 23.3. The Hall–Kier alpha value is -4.31. The van der Waals surface area contributed by atoms with E-state index in [0.717, 1.165) is 42.6 Å². The number of ether oxygens (including phenoxy) is 2. The van der Waals surface area contributed by atoms with Crippen LogP contribution in [0.15, 0.2) is 61.1 Å². The van der Waals surface area contributed by atoms with Gasteiger partial charge in [0.2, 0.25) is 0 Å². The molecule has 1 aliphatic rings. The number of aryl methyl sites for hydroxylation is 1. The molecule has 0 aliphatic carbocycles. The highest BCUT2D eigenvalue weighted by atomic mass is 16.5. The molecule has 1 aliphatic heterocycles. The Kier molecular flexibility index (Phi) is 6.13. The van der Waals surface area contributed by atoms with Gasteiger partial charge in [0.15, 0.2) is 11.5 Å². The van der Waals surface area contributed by atoms with Crippen LogP contribution in [0.4, 0.5) is 17.1 Å². The molecule has 34 heavy (non-hydrogen) atoms. The van der Waals surface area contributed by atoms with E-state index in [9.17, 15) is 5.26 Å². The second-order valence-electron chi connectivity index (χ2n) is 8.13. The van der Waals surface area contributed by atoms with Gasteiger partial charge in [0.25, 0.3) is 0 Å². The van der Waals surface area contributed by atoms with Gasteiger partial charge in [-0.15, -0.1) is 0 Å². The van der Waals surface area contributed by atoms with Gasteiger partial charge in [-0.05, 0) is 66.8 Å². The minimum absolute atomic E-state index is 0.467. The van der Waals surface area contributed by atoms with Gasteiger partial charge in [0.05, 0.1) is 25.0 Å². The molecule has 4 aromatic rings. The Morgan fingerprint density at radius 1 is 1.15 bits per heavy atom. The van der Waals surface area contributed by atoms with E-state index >= 15 is 0 Å². The average molecular weight is 452 g/mol. The second-order valence-corrected chi connectivity index (χ2v) is 8.13. The van der Waals surface area contributed by atoms with Crippen LogP contribution in [-0.2, 0) is 12.8 Å². The average Bonchev–Trinajstić information content (AvgIpc) is 3.35. The zero-order valence-electron chi connectivity index (χ0n) is 19.0. The maximum atomic E-state index is 9.73. The smallest absolute Gasteiger partial charge is 0.187 e. The molecule has 0 spiro atoms. The van der Waals surface area contributed by atoms with Crippen molar-refractivity contribution < 1.29 is 9.47 Å². The Balaban J connectivity index is 1.41. The van der Waals surface area contributed by atoms with Gasteiger partial charge in [-0.3, -0.25) is 9.97 Å². The number of aromatic nitrogens is 2. The molecule has 170 valence electrons. The van der Waals surface area contributed by atoms with Crippen LogP contribution in [0.3, 0.4) is 0 Å². The molecule has 0 amide bonds. The first-order valence-electron chi connectivity index (χ1n) is 11.3. The van der Waals surface area contributed by atoms with Crippen molar-refractivity contribution in [3.8, 4) is 17.6 Å². The maximum absolute atomic E-state index is 9.73. The summed E-state index contributed by atoms with van der Waals surface area (Å²) in [6.45, 7) is 1.50. The van der Waals surface area contributed by atoms with Crippen molar-refractivity contribution in [2.45, 2.75) is 19.3 Å². The first-order valence-corrected chi connectivity index (χ1v) is 11.3. The van der Waals surface area contributed by atoms with Gasteiger partial charge in [0, 0.05) is 41.9 Å². The third-order valence-electron chi connectivity index (χ3n) is 5.99. The Bertz CT molecular complexity index is 1370. The maximum Gasteiger partial charge on any atom is 0.187 e. The predicted molar refractivity (Wildman–Crippen MR) is 133 cm³/mol. The number of hydrogen-bond donors (Lipinski definition) is 2. The van der Waals surface area contributed by atoms with Crippen LogP contribution >= 0.6 is 0 Å². The number of pyridine rings is 2. The highest BCUT2D eigenvalue weighted by Gasteiger charge is 2.17. The highest BCUT2D eigenvalue weighted by molar-refractivity contribution is 6.00. The van der Waals surface area contributed by atoms with E-state index in [2.05, 4.69) is 38.8 Å². The molecular formula is C27H25N5O2. The first-order chi connectivity index (χ1) is 16.8. The van der Waals surface area contributed by atoms with Crippen molar-refractivity contribution in [1.29, 1.82) is 5.26 Å². The van der Waals surface area contributed by atoms with Crippen molar-refractivity contribution in [1.82, 2.24) is 9.97 Å². The Labute approximate surface area is 198 Å². The molecule has 3 heterocycles. The lowest BCUT2D eigenvalue weighted by Crippen LogP contribution is -2.03. The lowest BCUT2D eigenvalue weighted by molar-refractivity contribution is 0.291. The molecule has 0 saturated carbocycles. The molecule has 7 nitrogen and oxygen atoms in total. The van der Waals surface area contributed by atoms with Crippen molar-refractivity contribution >= 4 is 28.0 Å². The Morgan fingerprint density at radius 3 is 2.85 bits per heavy atom. The van der Waals surface area contributed by atoms with E-state index in [4.69, 9.17) is 9.47 Å². The number of nitrogens with zero attached hydrogens (tertiary/aromatic N) is 3. The summed E-state index contributed by atoms with van der Waals surface area (Å²) in [6.07, 6.45) is 7.98. The van der Waals surface area contributed by atoms with Gasteiger partial charge in [-0.2, -0.15) is 5.26 Å². The number of benzene rings is 2. The van der Waals surface area contributed by atoms with Crippen LogP contribution in [0.5, 0.6) is 11.5 Å². The summed E-state index contributed by atoms with van der Waals surface area (Å²) in [5, 5.41) is 17.4. The Morgan fingerprint density at radius 2 is 2.03 bits per heavy atom. The molecule has 2 aromatic heterocycles. The fourth-order valence-electron chi connectivity index (χ4n) is 4.27. The number of anilines is 3. The van der Waals surface area contributed by atoms with E-state index in [0.29, 0.717) is 34.9 Å². The summed E-state index contributed by atoms with van der Waals surface area (Å²) in [5.41, 5.74) is 6.39. The first kappa shape index (κ1) is 21.5. The van der Waals surface area contributed by atoms with Crippen LogP contribution in [0.2, 0.25) is 0 Å². The number of nitrogens with one attached hydrogen (secondary N) is 2. The monoisotopic (exact) mass is 451 g/mol. The molecule has 2 N–H and O–H groups in total. The largest absolute Gasteiger partial charge is 0.491 e. The van der Waals surface area contributed by atoms with Crippen LogP contribution < -0.4 is 20.1 Å². The minimum atomic E-state index is 0.467. The van der Waals surface area contributed by atoms with Crippen LogP contribution in [0.25, 0.3) is 10.9 Å². The van der Waals surface area contributed by atoms with Gasteiger partial charge in [0.1, 0.15) is 11.6 Å². The molecule has 7 heteroatoms. The van der Waals surface area contributed by atoms with Crippen molar-refractivity contribution in [3.63, 3.8) is 0 Å². The fourth-order valence-corrected chi connectivity index (χ4v) is 4.27. The fraction of sp³-hybridized carbons (Fsp3) is 0.222. The van der Waals surface area contributed by atoms with Crippen LogP contribution in [0.1, 0.15) is 23.1 Å². The van der Waals surface area contributed by atoms with E-state index < -0.39 is 0 Å². The molecule has 0 bridgehead atoms. The SMILES string of the molecule is COc1c(OCCCc2ccncc2)ccc2c(Nc3ccc4c(c3)NCC4)c(C#N)cnc12. The molecule has 0 radical (unpaired) electrons. The quantitative estimate of drug-likeness (QED) is 0.354. The lowest BCUT2D eigenvalue weighted by atomic mass is 10.1. The number of hydrogen-bond acceptors (Lipinski definition) is 7. The summed E-state index contributed by atoms with van der Waals surface area (Å²) in [5.74, 6) is 1.19. The molecular weight excluding hydrogens is 426 g/mol. The van der Waals surface area contributed by atoms with E-state index in [1.165, 1.54) is 11.1 Å². The predicted octanol–water partition coefficient (Wildman–Crippen LogP) is 5.23. The van der Waals surface area contributed by atoms with Gasteiger partial charge in [-0.25, -0.2) is 0 Å². The number of fused-ring (bicyclic) bond motifs is 2. The van der Waals surface area contributed by atoms with E-state index in [1.807, 2.05) is 30.3 Å². The number of rotatable bonds is 8. The summed E-state index contributed by atoms with van der Waals surface area (Å²) >= 11 is 0. The van der Waals surface area contributed by atoms with Gasteiger partial charge >= 0.3 is 0 Å². The second kappa shape index (κ2) is 9.67. The number of nitriles is 1. The topological polar surface area (TPSA) is 92.1 Å². The summed E-state index contributed by atoms with van der Waals surface area (Å²) in [6, 6.07) is 16.3. The zero-order valence-corrected chi connectivity index (χ0v) is 19.0. The summed E-state index contributed by atoms with van der Waals surface area (Å²) < 4.78 is 11.7. The summed E-state index contributed by atoms with van der Waals surface area (Å²) in [7, 11) is 1.61. The summed E-state index contributed by atoms with van der Waals surface area (Å²) in [4.78, 5) is 8.58. The van der Waals surface area contributed by atoms with E-state index in [1.54, 1.807) is 25.7 Å². The van der Waals surface area contributed by atoms with Crippen molar-refractivity contribution in [2.24, 2.45) is 0 Å². The standard InChI is InChI=1S/C27H25N5O2/c1-33-27-24(34-14-2-3-18-8-11-29-12-9-18)7-6-22-25(20(16-28)17-31-26(22)27)32-21-5-4-19-10-13-30-23(19)15-21/h4-9,11-12,15,17,30H,2-3,10,13-14H2,1H3,(H,31,32). The molecule has 5 rings (SSSR count). The highest BCUT2D eigenvalue weighted by Crippen LogP contribution is 2.39. The van der Waals surface area contributed by atoms with Gasteiger partial charge in [-0.1, -0.05) is 6.07 Å². The molecule has 2 aromatic carbocycles. The number of methoxy groups -OCH3 is 1. The van der Waals surface area contributed by atoms with Crippen LogP contribution in [-0.4, -0.2) is 30.2 Å². The van der Waals surface area contributed by atoms with Crippen molar-refractivity contribution in [2.75, 3.05) is 30.9 Å².